The first-order chi connectivity index (χ1) is 6.81. The number of carbonyl (C=O) groups is 1. The molecule has 1 aliphatic heterocycles. The summed E-state index contributed by atoms with van der Waals surface area (Å²) < 4.78 is 0. The molecule has 0 aliphatic carbocycles. The van der Waals surface area contributed by atoms with Crippen molar-refractivity contribution >= 4 is 29.0 Å². The molecule has 0 bridgehead atoms. The van der Waals surface area contributed by atoms with Crippen molar-refractivity contribution in [2.45, 2.75) is 6.04 Å². The normalized spacial score (nSPS) is 19.5. The molecule has 0 spiro atoms. The molecule has 74 valence electrons. The number of fused-ring (bicyclic) bond motifs is 1. The van der Waals surface area contributed by atoms with Crippen LogP contribution in [0.2, 0.25) is 0 Å². The molecule has 1 amide bonds. The van der Waals surface area contributed by atoms with Gasteiger partial charge >= 0.3 is 0 Å². The lowest BCUT2D eigenvalue weighted by atomic mass is 10.1. The van der Waals surface area contributed by atoms with Gasteiger partial charge in [-0.2, -0.15) is 11.8 Å². The predicted molar refractivity (Wildman–Crippen MR) is 60.9 cm³/mol. The number of benzene rings is 1. The Morgan fingerprint density at radius 2 is 2.07 bits per heavy atom. The van der Waals surface area contributed by atoms with E-state index < -0.39 is 0 Å². The summed E-state index contributed by atoms with van der Waals surface area (Å²) in [6.07, 6.45) is 2.00. The lowest BCUT2D eigenvalue weighted by Gasteiger charge is -2.26. The number of hydrogen-bond donors (Lipinski definition) is 2. The molecule has 0 aromatic heterocycles. The highest BCUT2D eigenvalue weighted by Crippen LogP contribution is 2.26. The van der Waals surface area contributed by atoms with Crippen molar-refractivity contribution in [3.63, 3.8) is 0 Å². The summed E-state index contributed by atoms with van der Waals surface area (Å²) in [6.45, 7) is 0. The zero-order valence-electron chi connectivity index (χ0n) is 7.91. The summed E-state index contributed by atoms with van der Waals surface area (Å²) in [5.74, 6) is 0.846. The molecule has 2 rings (SSSR count). The van der Waals surface area contributed by atoms with Crippen molar-refractivity contribution in [2.24, 2.45) is 0 Å². The summed E-state index contributed by atoms with van der Waals surface area (Å²) in [4.78, 5) is 11.6. The maximum Gasteiger partial charge on any atom is 0.247 e. The van der Waals surface area contributed by atoms with E-state index in [0.29, 0.717) is 0 Å². The average molecular weight is 208 g/mol. The van der Waals surface area contributed by atoms with Crippen LogP contribution >= 0.6 is 11.8 Å². The SMILES string of the molecule is CSC[C@@H]1Nc2ccccc2NC1=O. The van der Waals surface area contributed by atoms with Gasteiger partial charge in [-0.1, -0.05) is 12.1 Å². The Kier molecular flexibility index (Phi) is 2.63. The molecule has 3 nitrogen and oxygen atoms in total. The zero-order chi connectivity index (χ0) is 9.97. The van der Waals surface area contributed by atoms with E-state index in [0.717, 1.165) is 17.1 Å². The van der Waals surface area contributed by atoms with Crippen LogP contribution in [0.1, 0.15) is 0 Å². The first kappa shape index (κ1) is 9.40. The molecular weight excluding hydrogens is 196 g/mol. The molecule has 2 N–H and O–H groups in total. The van der Waals surface area contributed by atoms with E-state index in [2.05, 4.69) is 10.6 Å². The third-order valence-corrected chi connectivity index (χ3v) is 2.83. The van der Waals surface area contributed by atoms with Gasteiger partial charge in [0.25, 0.3) is 0 Å². The van der Waals surface area contributed by atoms with Crippen molar-refractivity contribution in [1.29, 1.82) is 0 Å². The third-order valence-electron chi connectivity index (χ3n) is 2.16. The van der Waals surface area contributed by atoms with Crippen molar-refractivity contribution in [3.8, 4) is 0 Å². The average Bonchev–Trinajstić information content (AvgIpc) is 2.19. The highest BCUT2D eigenvalue weighted by molar-refractivity contribution is 7.98. The zero-order valence-corrected chi connectivity index (χ0v) is 8.73. The Hall–Kier alpha value is -1.16. The lowest BCUT2D eigenvalue weighted by molar-refractivity contribution is -0.116. The van der Waals surface area contributed by atoms with E-state index in [-0.39, 0.29) is 11.9 Å². The second kappa shape index (κ2) is 3.92. The van der Waals surface area contributed by atoms with Crippen LogP contribution in [0.3, 0.4) is 0 Å². The van der Waals surface area contributed by atoms with E-state index in [1.165, 1.54) is 0 Å². The molecule has 0 unspecified atom stereocenters. The molecule has 1 atom stereocenters. The molecule has 1 aromatic carbocycles. The number of nitrogens with one attached hydrogen (secondary N) is 2. The topological polar surface area (TPSA) is 41.1 Å². The number of para-hydroxylation sites is 2. The molecule has 4 heteroatoms. The molecule has 1 aliphatic rings. The van der Waals surface area contributed by atoms with Gasteiger partial charge < -0.3 is 10.6 Å². The van der Waals surface area contributed by atoms with Crippen LogP contribution in [0, 0.1) is 0 Å². The second-order valence-electron chi connectivity index (χ2n) is 3.19. The number of amides is 1. The van der Waals surface area contributed by atoms with Crippen LogP contribution in [-0.2, 0) is 4.79 Å². The highest BCUT2D eigenvalue weighted by atomic mass is 32.2. The van der Waals surface area contributed by atoms with Gasteiger partial charge in [-0.25, -0.2) is 0 Å². The third kappa shape index (κ3) is 1.70. The Labute approximate surface area is 87.3 Å². The summed E-state index contributed by atoms with van der Waals surface area (Å²) in [6, 6.07) is 7.63. The molecule has 0 radical (unpaired) electrons. The van der Waals surface area contributed by atoms with Crippen molar-refractivity contribution in [3.05, 3.63) is 24.3 Å². The fraction of sp³-hybridized carbons (Fsp3) is 0.300. The van der Waals surface area contributed by atoms with Crippen LogP contribution in [0.5, 0.6) is 0 Å². The highest BCUT2D eigenvalue weighted by Gasteiger charge is 2.23. The summed E-state index contributed by atoms with van der Waals surface area (Å²) in [5, 5.41) is 6.09. The number of hydrogen-bond acceptors (Lipinski definition) is 3. The largest absolute Gasteiger partial charge is 0.371 e. The minimum Gasteiger partial charge on any atom is -0.371 e. The Morgan fingerprint density at radius 1 is 1.36 bits per heavy atom. The molecule has 0 fully saturated rings. The number of rotatable bonds is 2. The van der Waals surface area contributed by atoms with Crippen LogP contribution in [0.15, 0.2) is 24.3 Å². The van der Waals surface area contributed by atoms with Gasteiger partial charge in [0.05, 0.1) is 11.4 Å². The Morgan fingerprint density at radius 3 is 2.79 bits per heavy atom. The molecule has 0 saturated carbocycles. The number of anilines is 2. The summed E-state index contributed by atoms with van der Waals surface area (Å²) in [5.41, 5.74) is 1.88. The smallest absolute Gasteiger partial charge is 0.247 e. The summed E-state index contributed by atoms with van der Waals surface area (Å²) in [7, 11) is 0. The standard InChI is InChI=1S/C10H12N2OS/c1-14-6-9-10(13)12-8-5-3-2-4-7(8)11-9/h2-5,9,11H,6H2,1H3,(H,12,13)/t9-/m0/s1. The van der Waals surface area contributed by atoms with Crippen LogP contribution in [0.4, 0.5) is 11.4 Å². The van der Waals surface area contributed by atoms with Crippen molar-refractivity contribution < 1.29 is 4.79 Å². The van der Waals surface area contributed by atoms with E-state index in [1.807, 2.05) is 30.5 Å². The minimum absolute atomic E-state index is 0.0538. The number of carbonyl (C=O) groups excluding carboxylic acids is 1. The van der Waals surface area contributed by atoms with Gasteiger partial charge in [0.15, 0.2) is 0 Å². The molecular formula is C10H12N2OS. The fourth-order valence-corrected chi connectivity index (χ4v) is 2.04. The summed E-state index contributed by atoms with van der Waals surface area (Å²) >= 11 is 1.66. The maximum absolute atomic E-state index is 11.6. The molecule has 0 saturated heterocycles. The van der Waals surface area contributed by atoms with Gasteiger partial charge in [0, 0.05) is 5.75 Å². The fourth-order valence-electron chi connectivity index (χ4n) is 1.48. The van der Waals surface area contributed by atoms with Crippen molar-refractivity contribution in [2.75, 3.05) is 22.6 Å². The van der Waals surface area contributed by atoms with E-state index in [4.69, 9.17) is 0 Å². The van der Waals surface area contributed by atoms with Gasteiger partial charge in [0.2, 0.25) is 5.91 Å². The van der Waals surface area contributed by atoms with Gasteiger partial charge in [-0.15, -0.1) is 0 Å². The minimum atomic E-state index is -0.111. The van der Waals surface area contributed by atoms with Crippen LogP contribution in [0.25, 0.3) is 0 Å². The second-order valence-corrected chi connectivity index (χ2v) is 4.10. The first-order valence-corrected chi connectivity index (χ1v) is 5.86. The van der Waals surface area contributed by atoms with E-state index in [1.54, 1.807) is 11.8 Å². The van der Waals surface area contributed by atoms with Gasteiger partial charge in [-0.3, -0.25) is 4.79 Å². The molecule has 1 aromatic rings. The van der Waals surface area contributed by atoms with E-state index >= 15 is 0 Å². The monoisotopic (exact) mass is 208 g/mol. The lowest BCUT2D eigenvalue weighted by Crippen LogP contribution is -2.40. The molecule has 1 heterocycles. The quantitative estimate of drug-likeness (QED) is 0.778. The van der Waals surface area contributed by atoms with Crippen LogP contribution < -0.4 is 10.6 Å². The van der Waals surface area contributed by atoms with Crippen LogP contribution in [-0.4, -0.2) is 24.0 Å². The molecule has 14 heavy (non-hydrogen) atoms. The number of thioether (sulfide) groups is 1. The van der Waals surface area contributed by atoms with Gasteiger partial charge in [0.1, 0.15) is 6.04 Å². The maximum atomic E-state index is 11.6. The van der Waals surface area contributed by atoms with Gasteiger partial charge in [-0.05, 0) is 18.4 Å². The van der Waals surface area contributed by atoms with Crippen molar-refractivity contribution in [1.82, 2.24) is 0 Å². The van der Waals surface area contributed by atoms with E-state index in [9.17, 15) is 4.79 Å². The predicted octanol–water partition coefficient (Wildman–Crippen LogP) is 1.78. The Bertz CT molecular complexity index is 354. The first-order valence-electron chi connectivity index (χ1n) is 4.46. The Balaban J connectivity index is 2.22.